The van der Waals surface area contributed by atoms with E-state index in [0.717, 1.165) is 0 Å². The number of rotatable bonds is 2. The van der Waals surface area contributed by atoms with Gasteiger partial charge in [-0.1, -0.05) is 6.07 Å². The zero-order chi connectivity index (χ0) is 11.5. The van der Waals surface area contributed by atoms with Crippen LogP contribution in [0.5, 0.6) is 0 Å². The molecule has 0 spiro atoms. The summed E-state index contributed by atoms with van der Waals surface area (Å²) in [5, 5.41) is 0. The standard InChI is InChI=1S/C10H10N4O2/c11-9(6-3-1-2-4-12-6)7-5-8(15)14-10(16)13-7/h1-5,9H,11H2,(H2,13,14,15,16). The Morgan fingerprint density at radius 2 is 2.06 bits per heavy atom. The number of pyridine rings is 1. The van der Waals surface area contributed by atoms with Crippen molar-refractivity contribution in [2.24, 2.45) is 5.73 Å². The van der Waals surface area contributed by atoms with Crippen LogP contribution < -0.4 is 17.0 Å². The first kappa shape index (κ1) is 10.3. The minimum Gasteiger partial charge on any atom is -0.318 e. The molecular weight excluding hydrogens is 208 g/mol. The number of nitrogens with one attached hydrogen (secondary N) is 2. The van der Waals surface area contributed by atoms with E-state index in [1.165, 1.54) is 6.07 Å². The summed E-state index contributed by atoms with van der Waals surface area (Å²) in [7, 11) is 0. The van der Waals surface area contributed by atoms with Crippen LogP contribution in [-0.2, 0) is 0 Å². The molecule has 2 heterocycles. The predicted octanol–water partition coefficient (Wildman–Crippen LogP) is -0.494. The molecule has 0 saturated carbocycles. The number of hydrogen-bond acceptors (Lipinski definition) is 4. The average molecular weight is 218 g/mol. The molecule has 0 aromatic carbocycles. The van der Waals surface area contributed by atoms with Gasteiger partial charge in [-0.3, -0.25) is 14.8 Å². The van der Waals surface area contributed by atoms with Gasteiger partial charge in [0.2, 0.25) is 0 Å². The molecule has 0 radical (unpaired) electrons. The van der Waals surface area contributed by atoms with Crippen molar-refractivity contribution in [3.8, 4) is 0 Å². The van der Waals surface area contributed by atoms with Crippen LogP contribution in [0.4, 0.5) is 0 Å². The van der Waals surface area contributed by atoms with Gasteiger partial charge in [0.15, 0.2) is 0 Å². The fourth-order valence-corrected chi connectivity index (χ4v) is 1.37. The summed E-state index contributed by atoms with van der Waals surface area (Å²) in [5.41, 5.74) is 5.74. The monoisotopic (exact) mass is 218 g/mol. The van der Waals surface area contributed by atoms with Crippen LogP contribution in [0, 0.1) is 0 Å². The molecule has 0 aliphatic heterocycles. The smallest absolute Gasteiger partial charge is 0.318 e. The molecule has 6 heteroatoms. The third-order valence-corrected chi connectivity index (χ3v) is 2.12. The number of H-pyrrole nitrogens is 2. The van der Waals surface area contributed by atoms with E-state index in [-0.39, 0.29) is 0 Å². The maximum Gasteiger partial charge on any atom is 0.325 e. The number of aromatic amines is 2. The Balaban J connectivity index is 2.45. The molecule has 2 aromatic rings. The SMILES string of the molecule is NC(c1ccccn1)c1cc(=O)[nH]c(=O)[nH]1. The van der Waals surface area contributed by atoms with Gasteiger partial charge in [0, 0.05) is 18.0 Å². The van der Waals surface area contributed by atoms with E-state index in [1.54, 1.807) is 24.4 Å². The highest BCUT2D eigenvalue weighted by Crippen LogP contribution is 2.11. The van der Waals surface area contributed by atoms with Crippen LogP contribution in [0.1, 0.15) is 17.4 Å². The van der Waals surface area contributed by atoms with Crippen LogP contribution in [0.25, 0.3) is 0 Å². The Morgan fingerprint density at radius 1 is 1.25 bits per heavy atom. The summed E-state index contributed by atoms with van der Waals surface area (Å²) in [5.74, 6) is 0. The first-order valence-corrected chi connectivity index (χ1v) is 4.67. The molecule has 0 fully saturated rings. The highest BCUT2D eigenvalue weighted by molar-refractivity contribution is 5.19. The van der Waals surface area contributed by atoms with Crippen molar-refractivity contribution in [2.45, 2.75) is 6.04 Å². The first-order chi connectivity index (χ1) is 7.66. The Labute approximate surface area is 90.2 Å². The third kappa shape index (κ3) is 2.06. The zero-order valence-electron chi connectivity index (χ0n) is 8.31. The fraction of sp³-hybridized carbons (Fsp3) is 0.100. The molecule has 6 nitrogen and oxygen atoms in total. The maximum atomic E-state index is 11.1. The van der Waals surface area contributed by atoms with Crippen molar-refractivity contribution in [3.63, 3.8) is 0 Å². The van der Waals surface area contributed by atoms with Gasteiger partial charge >= 0.3 is 5.69 Å². The fourth-order valence-electron chi connectivity index (χ4n) is 1.37. The molecule has 82 valence electrons. The second-order valence-corrected chi connectivity index (χ2v) is 3.28. The molecule has 0 amide bonds. The average Bonchev–Trinajstić information content (AvgIpc) is 2.28. The van der Waals surface area contributed by atoms with Crippen molar-refractivity contribution >= 4 is 0 Å². The van der Waals surface area contributed by atoms with Gasteiger partial charge in [0.1, 0.15) is 0 Å². The van der Waals surface area contributed by atoms with Gasteiger partial charge < -0.3 is 10.7 Å². The molecule has 2 aromatic heterocycles. The van der Waals surface area contributed by atoms with Crippen molar-refractivity contribution in [3.05, 3.63) is 62.7 Å². The highest BCUT2D eigenvalue weighted by Gasteiger charge is 2.11. The van der Waals surface area contributed by atoms with Gasteiger partial charge in [-0.15, -0.1) is 0 Å². The molecule has 16 heavy (non-hydrogen) atoms. The van der Waals surface area contributed by atoms with E-state index in [0.29, 0.717) is 11.4 Å². The van der Waals surface area contributed by atoms with Gasteiger partial charge in [-0.05, 0) is 12.1 Å². The van der Waals surface area contributed by atoms with Crippen molar-refractivity contribution in [1.29, 1.82) is 0 Å². The van der Waals surface area contributed by atoms with Crippen molar-refractivity contribution < 1.29 is 0 Å². The van der Waals surface area contributed by atoms with E-state index in [4.69, 9.17) is 5.73 Å². The Hall–Kier alpha value is -2.21. The first-order valence-electron chi connectivity index (χ1n) is 4.67. The van der Waals surface area contributed by atoms with Crippen LogP contribution >= 0.6 is 0 Å². The molecule has 0 saturated heterocycles. The minimum absolute atomic E-state index is 0.340. The Bertz CT molecular complexity index is 559. The van der Waals surface area contributed by atoms with Crippen molar-refractivity contribution in [1.82, 2.24) is 15.0 Å². The van der Waals surface area contributed by atoms with Crippen molar-refractivity contribution in [2.75, 3.05) is 0 Å². The van der Waals surface area contributed by atoms with Crippen LogP contribution in [0.15, 0.2) is 40.1 Å². The molecule has 0 aliphatic rings. The molecule has 1 atom stereocenters. The van der Waals surface area contributed by atoms with Crippen LogP contribution in [0.3, 0.4) is 0 Å². The van der Waals surface area contributed by atoms with Crippen LogP contribution in [0.2, 0.25) is 0 Å². The number of aromatic nitrogens is 3. The summed E-state index contributed by atoms with van der Waals surface area (Å²) in [6.45, 7) is 0. The predicted molar refractivity (Wildman–Crippen MR) is 58.0 cm³/mol. The molecule has 0 bridgehead atoms. The maximum absolute atomic E-state index is 11.1. The summed E-state index contributed by atoms with van der Waals surface area (Å²) >= 11 is 0. The Kier molecular flexibility index (Phi) is 2.65. The molecule has 0 aliphatic carbocycles. The van der Waals surface area contributed by atoms with E-state index in [1.807, 2.05) is 0 Å². The lowest BCUT2D eigenvalue weighted by atomic mass is 10.1. The molecular formula is C10H10N4O2. The molecule has 1 unspecified atom stereocenters. The van der Waals surface area contributed by atoms with E-state index in [9.17, 15) is 9.59 Å². The Morgan fingerprint density at radius 3 is 2.69 bits per heavy atom. The lowest BCUT2D eigenvalue weighted by Crippen LogP contribution is -2.27. The third-order valence-electron chi connectivity index (χ3n) is 2.12. The highest BCUT2D eigenvalue weighted by atomic mass is 16.2. The number of hydrogen-bond donors (Lipinski definition) is 3. The topological polar surface area (TPSA) is 105 Å². The van der Waals surface area contributed by atoms with E-state index < -0.39 is 17.3 Å². The zero-order valence-corrected chi connectivity index (χ0v) is 8.31. The summed E-state index contributed by atoms with van der Waals surface area (Å²) < 4.78 is 0. The van der Waals surface area contributed by atoms with Gasteiger partial charge in [-0.2, -0.15) is 0 Å². The minimum atomic E-state index is -0.615. The van der Waals surface area contributed by atoms with Gasteiger partial charge in [0.05, 0.1) is 11.7 Å². The number of nitrogens with two attached hydrogens (primary N) is 1. The van der Waals surface area contributed by atoms with Gasteiger partial charge in [0.25, 0.3) is 5.56 Å². The number of nitrogens with zero attached hydrogens (tertiary/aromatic N) is 1. The molecule has 2 rings (SSSR count). The van der Waals surface area contributed by atoms with E-state index in [2.05, 4.69) is 15.0 Å². The summed E-state index contributed by atoms with van der Waals surface area (Å²) in [6.07, 6.45) is 1.60. The summed E-state index contributed by atoms with van der Waals surface area (Å²) in [6, 6.07) is 5.91. The van der Waals surface area contributed by atoms with Crippen LogP contribution in [-0.4, -0.2) is 15.0 Å². The second kappa shape index (κ2) is 4.11. The van der Waals surface area contributed by atoms with Gasteiger partial charge in [-0.25, -0.2) is 4.79 Å². The summed E-state index contributed by atoms with van der Waals surface area (Å²) in [4.78, 5) is 30.8. The lowest BCUT2D eigenvalue weighted by Gasteiger charge is -2.09. The lowest BCUT2D eigenvalue weighted by molar-refractivity contribution is 0.774. The normalized spacial score (nSPS) is 12.3. The van der Waals surface area contributed by atoms with E-state index >= 15 is 0 Å². The quantitative estimate of drug-likeness (QED) is 0.632. The molecule has 4 N–H and O–H groups in total. The largest absolute Gasteiger partial charge is 0.325 e. The second-order valence-electron chi connectivity index (χ2n) is 3.28.